The number of unbranched alkanes of at least 4 members (excludes halogenated alkanes) is 12. The summed E-state index contributed by atoms with van der Waals surface area (Å²) >= 11 is 18.7. The molecule has 0 radical (unpaired) electrons. The highest BCUT2D eigenvalue weighted by molar-refractivity contribution is 6.41. The smallest absolute Gasteiger partial charge is 0.341 e. The van der Waals surface area contributed by atoms with Crippen LogP contribution in [0.5, 0.6) is 5.75 Å². The molecule has 0 unspecified atom stereocenters. The van der Waals surface area contributed by atoms with Crippen LogP contribution >= 0.6 is 34.8 Å². The number of hydrogen-bond donors (Lipinski definition) is 1. The summed E-state index contributed by atoms with van der Waals surface area (Å²) in [5, 5.41) is 9.83. The van der Waals surface area contributed by atoms with Gasteiger partial charge in [0.15, 0.2) is 12.4 Å². The predicted octanol–water partition coefficient (Wildman–Crippen LogP) is 8.74. The van der Waals surface area contributed by atoms with Crippen molar-refractivity contribution in [2.45, 2.75) is 96.8 Å². The molecule has 0 amide bonds. The van der Waals surface area contributed by atoms with E-state index in [9.17, 15) is 4.79 Å². The maximum absolute atomic E-state index is 10.7. The van der Waals surface area contributed by atoms with E-state index in [4.69, 9.17) is 44.6 Å². The Labute approximate surface area is 191 Å². The van der Waals surface area contributed by atoms with E-state index in [1.54, 1.807) is 6.07 Å². The van der Waals surface area contributed by atoms with Gasteiger partial charge in [-0.25, -0.2) is 4.79 Å². The van der Waals surface area contributed by atoms with Crippen LogP contribution in [0.25, 0.3) is 0 Å². The summed E-state index contributed by atoms with van der Waals surface area (Å²) in [7, 11) is 0. The number of halogens is 3. The van der Waals surface area contributed by atoms with Crippen molar-refractivity contribution in [2.24, 2.45) is 0 Å². The summed E-state index contributed by atoms with van der Waals surface area (Å²) in [6.45, 7) is 1.77. The lowest BCUT2D eigenvalue weighted by Crippen LogP contribution is -2.10. The quantitative estimate of drug-likeness (QED) is 0.234. The zero-order valence-electron chi connectivity index (χ0n) is 17.6. The molecule has 0 aliphatic heterocycles. The van der Waals surface area contributed by atoms with Gasteiger partial charge in [-0.3, -0.25) is 0 Å². The molecular weight excluding hydrogens is 431 g/mol. The van der Waals surface area contributed by atoms with Crippen molar-refractivity contribution in [1.82, 2.24) is 0 Å². The van der Waals surface area contributed by atoms with Crippen molar-refractivity contribution in [1.29, 1.82) is 0 Å². The highest BCUT2D eigenvalue weighted by Gasteiger charge is 2.17. The molecule has 0 spiro atoms. The third-order valence-electron chi connectivity index (χ3n) is 5.09. The van der Waals surface area contributed by atoms with Gasteiger partial charge in [-0.05, 0) is 24.5 Å². The molecule has 0 saturated carbocycles. The number of benzene rings is 1. The van der Waals surface area contributed by atoms with Gasteiger partial charge in [-0.2, -0.15) is 0 Å². The molecule has 1 aromatic rings. The first-order chi connectivity index (χ1) is 14.0. The number of carbonyl (C=O) groups is 1. The van der Waals surface area contributed by atoms with Gasteiger partial charge in [0.2, 0.25) is 0 Å². The lowest BCUT2D eigenvalue weighted by atomic mass is 10.0. The molecule has 166 valence electrons. The van der Waals surface area contributed by atoms with E-state index in [0.29, 0.717) is 10.0 Å². The lowest BCUT2D eigenvalue weighted by molar-refractivity contribution is -0.139. The third kappa shape index (κ3) is 11.4. The van der Waals surface area contributed by atoms with E-state index in [-0.39, 0.29) is 10.8 Å². The Kier molecular flexibility index (Phi) is 14.7. The normalized spacial score (nSPS) is 11.0. The number of carboxylic acid groups (broad SMARTS) is 1. The first kappa shape index (κ1) is 26.4. The van der Waals surface area contributed by atoms with Crippen LogP contribution in [0.4, 0.5) is 0 Å². The molecule has 0 atom stereocenters. The van der Waals surface area contributed by atoms with Crippen molar-refractivity contribution in [3.63, 3.8) is 0 Å². The van der Waals surface area contributed by atoms with Gasteiger partial charge >= 0.3 is 5.97 Å². The fraction of sp³-hybridized carbons (Fsp3) is 0.696. The van der Waals surface area contributed by atoms with Crippen molar-refractivity contribution in [3.8, 4) is 5.75 Å². The van der Waals surface area contributed by atoms with Crippen LogP contribution in [0, 0.1) is 0 Å². The second kappa shape index (κ2) is 16.1. The van der Waals surface area contributed by atoms with E-state index in [0.717, 1.165) is 24.8 Å². The highest BCUT2D eigenvalue weighted by Crippen LogP contribution is 2.40. The van der Waals surface area contributed by atoms with Gasteiger partial charge in [0, 0.05) is 5.02 Å². The Morgan fingerprint density at radius 2 is 1.31 bits per heavy atom. The second-order valence-corrected chi connectivity index (χ2v) is 8.83. The second-order valence-electron chi connectivity index (χ2n) is 7.64. The molecule has 0 bridgehead atoms. The van der Waals surface area contributed by atoms with Gasteiger partial charge < -0.3 is 9.84 Å². The minimum atomic E-state index is -1.08. The molecule has 0 aliphatic carbocycles. The average Bonchev–Trinajstić information content (AvgIpc) is 2.67. The summed E-state index contributed by atoms with van der Waals surface area (Å²) in [4.78, 5) is 10.7. The molecular formula is C23H35Cl3O3. The van der Waals surface area contributed by atoms with E-state index in [1.807, 2.05) is 0 Å². The van der Waals surface area contributed by atoms with Crippen LogP contribution in [0.15, 0.2) is 6.07 Å². The maximum atomic E-state index is 10.7. The standard InChI is InChI=1S/C23H35Cl3O3/c1-2-3-4-5-6-7-8-9-10-11-12-13-14-15-18-19(24)16-20(25)23(22(18)26)29-17-21(27)28/h16H,2-15,17H2,1H3,(H,27,28). The third-order valence-corrected chi connectivity index (χ3v) is 6.11. The Morgan fingerprint density at radius 1 is 0.828 bits per heavy atom. The van der Waals surface area contributed by atoms with Crippen LogP contribution in [0.3, 0.4) is 0 Å². The molecule has 0 aliphatic rings. The minimum absolute atomic E-state index is 0.199. The zero-order chi connectivity index (χ0) is 21.5. The molecule has 29 heavy (non-hydrogen) atoms. The summed E-state index contributed by atoms with van der Waals surface area (Å²) in [6, 6.07) is 1.57. The molecule has 0 aromatic heterocycles. The molecule has 0 fully saturated rings. The Balaban J connectivity index is 2.21. The minimum Gasteiger partial charge on any atom is -0.479 e. The fourth-order valence-electron chi connectivity index (χ4n) is 3.43. The molecule has 6 heteroatoms. The Bertz CT molecular complexity index is 606. The topological polar surface area (TPSA) is 46.5 Å². The molecule has 1 rings (SSSR count). The van der Waals surface area contributed by atoms with Crippen LogP contribution in [0.1, 0.15) is 96.0 Å². The highest BCUT2D eigenvalue weighted by atomic mass is 35.5. The predicted molar refractivity (Wildman–Crippen MR) is 124 cm³/mol. The Hall–Kier alpha value is -0.640. The van der Waals surface area contributed by atoms with E-state index < -0.39 is 12.6 Å². The number of rotatable bonds is 17. The fourth-order valence-corrected chi connectivity index (χ4v) is 4.49. The summed E-state index contributed by atoms with van der Waals surface area (Å²) in [5.41, 5.74) is 0.779. The van der Waals surface area contributed by atoms with Gasteiger partial charge in [-0.15, -0.1) is 0 Å². The van der Waals surface area contributed by atoms with Crippen LogP contribution in [0.2, 0.25) is 15.1 Å². The largest absolute Gasteiger partial charge is 0.479 e. The van der Waals surface area contributed by atoms with Gasteiger partial charge in [0.25, 0.3) is 0 Å². The van der Waals surface area contributed by atoms with Gasteiger partial charge in [0.1, 0.15) is 0 Å². The first-order valence-electron chi connectivity index (χ1n) is 11.0. The first-order valence-corrected chi connectivity index (χ1v) is 12.1. The van der Waals surface area contributed by atoms with Crippen LogP contribution < -0.4 is 4.74 Å². The molecule has 3 nitrogen and oxygen atoms in total. The lowest BCUT2D eigenvalue weighted by Gasteiger charge is -2.14. The number of carboxylic acids is 1. The van der Waals surface area contributed by atoms with Gasteiger partial charge in [-0.1, -0.05) is 119 Å². The van der Waals surface area contributed by atoms with Crippen molar-refractivity contribution in [3.05, 3.63) is 26.7 Å². The van der Waals surface area contributed by atoms with Crippen molar-refractivity contribution >= 4 is 40.8 Å². The van der Waals surface area contributed by atoms with Crippen molar-refractivity contribution < 1.29 is 14.6 Å². The van der Waals surface area contributed by atoms with Crippen LogP contribution in [-0.2, 0) is 11.2 Å². The maximum Gasteiger partial charge on any atom is 0.341 e. The Morgan fingerprint density at radius 3 is 1.79 bits per heavy atom. The zero-order valence-corrected chi connectivity index (χ0v) is 19.8. The van der Waals surface area contributed by atoms with E-state index in [2.05, 4.69) is 6.92 Å². The van der Waals surface area contributed by atoms with E-state index in [1.165, 1.54) is 70.6 Å². The summed E-state index contributed by atoms with van der Waals surface area (Å²) < 4.78 is 5.22. The average molecular weight is 466 g/mol. The summed E-state index contributed by atoms with van der Waals surface area (Å²) in [5.74, 6) is -0.880. The van der Waals surface area contributed by atoms with Crippen LogP contribution in [-0.4, -0.2) is 17.7 Å². The number of ether oxygens (including phenoxy) is 1. The number of hydrogen-bond acceptors (Lipinski definition) is 2. The molecule has 0 heterocycles. The monoisotopic (exact) mass is 464 g/mol. The SMILES string of the molecule is CCCCCCCCCCCCCCCc1c(Cl)cc(Cl)c(OCC(=O)O)c1Cl. The number of aliphatic carboxylic acids is 1. The molecule has 0 saturated heterocycles. The summed E-state index contributed by atoms with van der Waals surface area (Å²) in [6.07, 6.45) is 17.6. The van der Waals surface area contributed by atoms with Crippen molar-refractivity contribution in [2.75, 3.05) is 6.61 Å². The van der Waals surface area contributed by atoms with Gasteiger partial charge in [0.05, 0.1) is 10.0 Å². The molecule has 1 N–H and O–H groups in total. The molecule has 1 aromatic carbocycles. The van der Waals surface area contributed by atoms with E-state index >= 15 is 0 Å².